The van der Waals surface area contributed by atoms with E-state index in [1.807, 2.05) is 27.7 Å². The molecule has 2 aliphatic heterocycles. The van der Waals surface area contributed by atoms with Gasteiger partial charge in [0.15, 0.2) is 0 Å². The van der Waals surface area contributed by atoms with Gasteiger partial charge in [0.25, 0.3) is 11.8 Å². The number of imide groups is 2. The molecule has 0 radical (unpaired) electrons. The van der Waals surface area contributed by atoms with Gasteiger partial charge in [0.05, 0.1) is 35.8 Å². The smallest absolute Gasteiger partial charge is 0.421 e. The molecule has 2 aromatic carbocycles. The van der Waals surface area contributed by atoms with E-state index in [9.17, 15) is 19.2 Å². The number of carbonyl (C=O) groups is 4. The van der Waals surface area contributed by atoms with Gasteiger partial charge >= 0.3 is 12.2 Å². The third-order valence-electron chi connectivity index (χ3n) is 6.47. The molecule has 0 saturated carbocycles. The van der Waals surface area contributed by atoms with Crippen LogP contribution in [-0.4, -0.2) is 47.0 Å². The number of rotatable bonds is 8. The number of carbonyl (C=O) groups excluding carboxylic acids is 4. The molecule has 0 aromatic heterocycles. The summed E-state index contributed by atoms with van der Waals surface area (Å²) in [5.41, 5.74) is 0.0686. The first kappa shape index (κ1) is 29.4. The average molecular weight is 585 g/mol. The Kier molecular flexibility index (Phi) is 9.01. The Morgan fingerprint density at radius 3 is 1.35 bits per heavy atom. The number of nitrogens with zero attached hydrogens (tertiary/aromatic N) is 2. The summed E-state index contributed by atoms with van der Waals surface area (Å²) in [6.07, 6.45) is -0.748. The quantitative estimate of drug-likeness (QED) is 0.326. The molecule has 8 nitrogen and oxygen atoms in total. The monoisotopic (exact) mass is 584 g/mol. The van der Waals surface area contributed by atoms with E-state index in [1.165, 1.54) is 0 Å². The highest BCUT2D eigenvalue weighted by molar-refractivity contribution is 6.39. The second kappa shape index (κ2) is 12.3. The van der Waals surface area contributed by atoms with Crippen LogP contribution >= 0.6 is 23.2 Å². The number of amides is 4. The van der Waals surface area contributed by atoms with Gasteiger partial charge in [-0.2, -0.15) is 0 Å². The van der Waals surface area contributed by atoms with Crippen LogP contribution in [0.2, 0.25) is 10.0 Å². The SMILES string of the molecule is CC(C)CCOC(=O)N1C(=O)C2=C(c3ccccc3Cl)N(C(=O)OCCC(C)C)C(=O)C2=C1c1ccccc1Cl. The molecule has 0 saturated heterocycles. The van der Waals surface area contributed by atoms with Crippen molar-refractivity contribution in [3.63, 3.8) is 0 Å². The molecule has 0 bridgehead atoms. The molecular formula is C30H30Cl2N2O6. The topological polar surface area (TPSA) is 93.2 Å². The lowest BCUT2D eigenvalue weighted by molar-refractivity contribution is -0.123. The van der Waals surface area contributed by atoms with Crippen LogP contribution in [0.15, 0.2) is 59.7 Å². The fourth-order valence-corrected chi connectivity index (χ4v) is 4.81. The van der Waals surface area contributed by atoms with Crippen molar-refractivity contribution in [3.8, 4) is 0 Å². The normalized spacial score (nSPS) is 15.1. The maximum atomic E-state index is 14.0. The molecule has 210 valence electrons. The lowest BCUT2D eigenvalue weighted by atomic mass is 10.0. The third kappa shape index (κ3) is 5.64. The van der Waals surface area contributed by atoms with Gasteiger partial charge in [0, 0.05) is 21.2 Å². The van der Waals surface area contributed by atoms with Gasteiger partial charge < -0.3 is 9.47 Å². The molecular weight excluding hydrogens is 555 g/mol. The van der Waals surface area contributed by atoms with E-state index < -0.39 is 24.0 Å². The molecule has 0 N–H and O–H groups in total. The van der Waals surface area contributed by atoms with Crippen LogP contribution in [0.3, 0.4) is 0 Å². The third-order valence-corrected chi connectivity index (χ3v) is 7.13. The minimum absolute atomic E-state index is 0.0628. The number of fused-ring (bicyclic) bond motifs is 1. The van der Waals surface area contributed by atoms with Gasteiger partial charge in [0.1, 0.15) is 0 Å². The van der Waals surface area contributed by atoms with Crippen molar-refractivity contribution in [2.75, 3.05) is 13.2 Å². The van der Waals surface area contributed by atoms with E-state index in [4.69, 9.17) is 32.7 Å². The molecule has 0 unspecified atom stereocenters. The largest absolute Gasteiger partial charge is 0.449 e. The Morgan fingerprint density at radius 2 is 1.02 bits per heavy atom. The zero-order chi connectivity index (χ0) is 29.1. The van der Waals surface area contributed by atoms with Gasteiger partial charge in [-0.25, -0.2) is 19.4 Å². The highest BCUT2D eigenvalue weighted by Gasteiger charge is 2.54. The predicted molar refractivity (Wildman–Crippen MR) is 152 cm³/mol. The molecule has 0 fully saturated rings. The Labute approximate surface area is 243 Å². The molecule has 40 heavy (non-hydrogen) atoms. The van der Waals surface area contributed by atoms with Crippen molar-refractivity contribution < 1.29 is 28.7 Å². The summed E-state index contributed by atoms with van der Waals surface area (Å²) < 4.78 is 10.9. The van der Waals surface area contributed by atoms with Crippen molar-refractivity contribution in [2.45, 2.75) is 40.5 Å². The van der Waals surface area contributed by atoms with Crippen molar-refractivity contribution in [1.82, 2.24) is 9.80 Å². The summed E-state index contributed by atoms with van der Waals surface area (Å²) >= 11 is 13.0. The highest BCUT2D eigenvalue weighted by atomic mass is 35.5. The first-order valence-electron chi connectivity index (χ1n) is 13.1. The number of hydrogen-bond donors (Lipinski definition) is 0. The standard InChI is InChI=1S/C30H30Cl2N2O6/c1-17(2)13-15-39-29(37)33-25(19-9-5-7-11-21(19)31)23-24(27(33)35)26(20-10-6-8-12-22(20)32)34(28(23)36)30(38)40-16-14-18(3)4/h5-12,17-18H,13-16H2,1-4H3. The zero-order valence-corrected chi connectivity index (χ0v) is 24.2. The minimum Gasteiger partial charge on any atom is -0.449 e. The van der Waals surface area contributed by atoms with E-state index in [0.29, 0.717) is 12.8 Å². The fraction of sp³-hybridized carbons (Fsp3) is 0.333. The summed E-state index contributed by atoms with van der Waals surface area (Å²) in [4.78, 5) is 56.4. The average Bonchev–Trinajstić information content (AvgIpc) is 3.36. The van der Waals surface area contributed by atoms with Crippen molar-refractivity contribution in [3.05, 3.63) is 80.8 Å². The Hall–Kier alpha value is -3.62. The molecule has 0 aliphatic carbocycles. The minimum atomic E-state index is -0.952. The summed E-state index contributed by atoms with van der Waals surface area (Å²) in [7, 11) is 0. The van der Waals surface area contributed by atoms with Crippen LogP contribution < -0.4 is 0 Å². The van der Waals surface area contributed by atoms with Crippen LogP contribution in [0.4, 0.5) is 9.59 Å². The van der Waals surface area contributed by atoms with Crippen LogP contribution in [0.1, 0.15) is 51.7 Å². The van der Waals surface area contributed by atoms with Crippen LogP contribution in [0.5, 0.6) is 0 Å². The molecule has 4 amide bonds. The summed E-state index contributed by atoms with van der Waals surface area (Å²) in [6.45, 7) is 8.05. The Balaban J connectivity index is 1.92. The molecule has 2 aliphatic rings. The molecule has 2 heterocycles. The molecule has 0 spiro atoms. The molecule has 0 atom stereocenters. The van der Waals surface area contributed by atoms with Gasteiger partial charge in [-0.15, -0.1) is 0 Å². The van der Waals surface area contributed by atoms with Crippen LogP contribution in [0.25, 0.3) is 11.4 Å². The lowest BCUT2D eigenvalue weighted by Crippen LogP contribution is -2.37. The second-order valence-corrected chi connectivity index (χ2v) is 11.1. The molecule has 4 rings (SSSR count). The lowest BCUT2D eigenvalue weighted by Gasteiger charge is -2.23. The predicted octanol–water partition coefficient (Wildman–Crippen LogP) is 7.17. The number of ether oxygens (including phenoxy) is 2. The van der Waals surface area contributed by atoms with Gasteiger partial charge in [-0.1, -0.05) is 87.3 Å². The maximum absolute atomic E-state index is 14.0. The van der Waals surface area contributed by atoms with E-state index in [2.05, 4.69) is 0 Å². The zero-order valence-electron chi connectivity index (χ0n) is 22.7. The second-order valence-electron chi connectivity index (χ2n) is 10.3. The summed E-state index contributed by atoms with van der Waals surface area (Å²) in [5.74, 6) is -1.15. The number of benzene rings is 2. The highest BCUT2D eigenvalue weighted by Crippen LogP contribution is 2.49. The Morgan fingerprint density at radius 1 is 0.675 bits per heavy atom. The van der Waals surface area contributed by atoms with Crippen LogP contribution in [-0.2, 0) is 19.1 Å². The molecule has 10 heteroatoms. The van der Waals surface area contributed by atoms with Gasteiger partial charge in [-0.3, -0.25) is 9.59 Å². The van der Waals surface area contributed by atoms with E-state index in [-0.39, 0.29) is 68.8 Å². The van der Waals surface area contributed by atoms with E-state index in [0.717, 1.165) is 9.80 Å². The summed E-state index contributed by atoms with van der Waals surface area (Å²) in [6, 6.07) is 13.0. The van der Waals surface area contributed by atoms with Crippen molar-refractivity contribution in [2.24, 2.45) is 11.8 Å². The summed E-state index contributed by atoms with van der Waals surface area (Å²) in [5, 5.41) is 0.396. The fourth-order valence-electron chi connectivity index (χ4n) is 4.36. The van der Waals surface area contributed by atoms with Crippen LogP contribution in [0, 0.1) is 11.8 Å². The first-order valence-corrected chi connectivity index (χ1v) is 13.8. The Bertz CT molecular complexity index is 1320. The van der Waals surface area contributed by atoms with Crippen molar-refractivity contribution in [1.29, 1.82) is 0 Å². The van der Waals surface area contributed by atoms with Crippen molar-refractivity contribution >= 4 is 58.6 Å². The number of halogens is 2. The van der Waals surface area contributed by atoms with Gasteiger partial charge in [-0.05, 0) is 36.8 Å². The van der Waals surface area contributed by atoms with E-state index >= 15 is 0 Å². The molecule has 2 aromatic rings. The maximum Gasteiger partial charge on any atom is 0.421 e. The number of hydrogen-bond acceptors (Lipinski definition) is 6. The first-order chi connectivity index (χ1) is 19.0. The van der Waals surface area contributed by atoms with Gasteiger partial charge in [0.2, 0.25) is 0 Å². The van der Waals surface area contributed by atoms with E-state index in [1.54, 1.807) is 48.5 Å².